The standard InChI is InChI=1S/C11H11NS/c1-3-9-7-8(2)10-5-4-6-12-11(10)13-9/h4-6H,3H2,1-2H3. The van der Waals surface area contributed by atoms with Crippen LogP contribution in [0.1, 0.15) is 25.8 Å². The lowest BCUT2D eigenvalue weighted by molar-refractivity contribution is 1.10. The number of nitrogens with zero attached hydrogens (tertiary/aromatic N) is 1. The highest BCUT2D eigenvalue weighted by Crippen LogP contribution is 2.36. The lowest BCUT2D eigenvalue weighted by Gasteiger charge is -2.11. The van der Waals surface area contributed by atoms with Crippen molar-refractivity contribution in [3.05, 3.63) is 34.5 Å². The summed E-state index contributed by atoms with van der Waals surface area (Å²) >= 11 is 1.73. The van der Waals surface area contributed by atoms with Gasteiger partial charge in [-0.15, -0.1) is 5.73 Å². The van der Waals surface area contributed by atoms with Crippen molar-refractivity contribution >= 4 is 17.3 Å². The molecule has 66 valence electrons. The summed E-state index contributed by atoms with van der Waals surface area (Å²) < 4.78 is 0. The van der Waals surface area contributed by atoms with Crippen LogP contribution in [0.4, 0.5) is 0 Å². The molecule has 0 radical (unpaired) electrons. The van der Waals surface area contributed by atoms with E-state index < -0.39 is 0 Å². The molecule has 1 nitrogen and oxygen atoms in total. The number of fused-ring (bicyclic) bond motifs is 1. The molecule has 2 heterocycles. The summed E-state index contributed by atoms with van der Waals surface area (Å²) in [4.78, 5) is 5.63. The van der Waals surface area contributed by atoms with Gasteiger partial charge in [0.05, 0.1) is 0 Å². The summed E-state index contributed by atoms with van der Waals surface area (Å²) in [6.07, 6.45) is 2.88. The highest BCUT2D eigenvalue weighted by atomic mass is 32.2. The zero-order chi connectivity index (χ0) is 9.26. The minimum absolute atomic E-state index is 1.04. The highest BCUT2D eigenvalue weighted by Gasteiger charge is 2.11. The Bertz CT molecular complexity index is 400. The third kappa shape index (κ3) is 1.55. The van der Waals surface area contributed by atoms with Crippen molar-refractivity contribution < 1.29 is 0 Å². The van der Waals surface area contributed by atoms with Crippen LogP contribution >= 0.6 is 11.8 Å². The van der Waals surface area contributed by atoms with E-state index in [1.165, 1.54) is 16.0 Å². The van der Waals surface area contributed by atoms with Gasteiger partial charge >= 0.3 is 0 Å². The third-order valence-electron chi connectivity index (χ3n) is 2.04. The van der Waals surface area contributed by atoms with Gasteiger partial charge in [0.2, 0.25) is 0 Å². The molecule has 0 amide bonds. The van der Waals surface area contributed by atoms with Crippen LogP contribution in [0, 0.1) is 0 Å². The van der Waals surface area contributed by atoms with Crippen molar-refractivity contribution in [3.63, 3.8) is 0 Å². The Kier molecular flexibility index (Phi) is 2.26. The quantitative estimate of drug-likeness (QED) is 0.627. The van der Waals surface area contributed by atoms with Gasteiger partial charge in [0.15, 0.2) is 0 Å². The molecule has 2 heteroatoms. The monoisotopic (exact) mass is 189 g/mol. The molecule has 13 heavy (non-hydrogen) atoms. The van der Waals surface area contributed by atoms with Crippen molar-refractivity contribution in [1.82, 2.24) is 4.98 Å². The molecular formula is C11H11NS. The Morgan fingerprint density at radius 2 is 2.38 bits per heavy atom. The van der Waals surface area contributed by atoms with E-state index in [0.717, 1.165) is 11.4 Å². The minimum Gasteiger partial charge on any atom is -0.249 e. The SMILES string of the molecule is CCC1=C=C(C)c2cccnc2S1. The van der Waals surface area contributed by atoms with Crippen LogP contribution in [0.25, 0.3) is 5.57 Å². The topological polar surface area (TPSA) is 12.9 Å². The van der Waals surface area contributed by atoms with E-state index >= 15 is 0 Å². The van der Waals surface area contributed by atoms with E-state index in [1.807, 2.05) is 12.3 Å². The van der Waals surface area contributed by atoms with Crippen molar-refractivity contribution in [3.8, 4) is 0 Å². The molecule has 0 N–H and O–H groups in total. The van der Waals surface area contributed by atoms with Gasteiger partial charge in [0.1, 0.15) is 5.03 Å². The molecule has 0 spiro atoms. The summed E-state index contributed by atoms with van der Waals surface area (Å²) in [5.74, 6) is 0. The average Bonchev–Trinajstić information content (AvgIpc) is 2.18. The predicted molar refractivity (Wildman–Crippen MR) is 56.5 cm³/mol. The van der Waals surface area contributed by atoms with Gasteiger partial charge in [0.25, 0.3) is 0 Å². The van der Waals surface area contributed by atoms with Gasteiger partial charge in [-0.05, 0) is 25.5 Å². The van der Waals surface area contributed by atoms with Crippen LogP contribution in [-0.4, -0.2) is 4.98 Å². The number of pyridine rings is 1. The molecule has 1 aliphatic heterocycles. The summed E-state index contributed by atoms with van der Waals surface area (Å²) in [6, 6.07) is 4.08. The van der Waals surface area contributed by atoms with Gasteiger partial charge in [-0.3, -0.25) is 0 Å². The Morgan fingerprint density at radius 1 is 1.54 bits per heavy atom. The van der Waals surface area contributed by atoms with Crippen molar-refractivity contribution in [1.29, 1.82) is 0 Å². The molecule has 0 atom stereocenters. The van der Waals surface area contributed by atoms with Crippen LogP contribution < -0.4 is 0 Å². The molecule has 1 aromatic heterocycles. The maximum absolute atomic E-state index is 4.35. The Morgan fingerprint density at radius 3 is 3.15 bits per heavy atom. The Labute approximate surface area is 82.6 Å². The first kappa shape index (κ1) is 8.61. The number of allylic oxidation sites excluding steroid dienone is 1. The number of thioether (sulfide) groups is 1. The third-order valence-corrected chi connectivity index (χ3v) is 3.20. The van der Waals surface area contributed by atoms with Gasteiger partial charge in [-0.2, -0.15) is 0 Å². The van der Waals surface area contributed by atoms with E-state index in [-0.39, 0.29) is 0 Å². The van der Waals surface area contributed by atoms with Crippen molar-refractivity contribution in [2.45, 2.75) is 25.3 Å². The molecule has 1 aromatic rings. The van der Waals surface area contributed by atoms with Gasteiger partial charge in [-0.25, -0.2) is 4.98 Å². The van der Waals surface area contributed by atoms with Crippen molar-refractivity contribution in [2.75, 3.05) is 0 Å². The fraction of sp³-hybridized carbons (Fsp3) is 0.273. The second-order valence-corrected chi connectivity index (χ2v) is 4.07. The van der Waals surface area contributed by atoms with Crippen LogP contribution in [0.15, 0.2) is 34.0 Å². The normalized spacial score (nSPS) is 14.6. The van der Waals surface area contributed by atoms with Gasteiger partial charge in [0, 0.05) is 22.2 Å². The van der Waals surface area contributed by atoms with E-state index in [1.54, 1.807) is 11.8 Å². The van der Waals surface area contributed by atoms with E-state index in [9.17, 15) is 0 Å². The van der Waals surface area contributed by atoms with Crippen LogP contribution in [0.2, 0.25) is 0 Å². The lowest BCUT2D eigenvalue weighted by Crippen LogP contribution is -1.92. The molecular weight excluding hydrogens is 178 g/mol. The lowest BCUT2D eigenvalue weighted by atomic mass is 10.1. The summed E-state index contributed by atoms with van der Waals surface area (Å²) in [7, 11) is 0. The zero-order valence-corrected chi connectivity index (χ0v) is 8.61. The molecule has 0 aromatic carbocycles. The zero-order valence-electron chi connectivity index (χ0n) is 7.79. The fourth-order valence-electron chi connectivity index (χ4n) is 1.34. The van der Waals surface area contributed by atoms with Gasteiger partial charge < -0.3 is 0 Å². The second-order valence-electron chi connectivity index (χ2n) is 2.98. The first-order valence-electron chi connectivity index (χ1n) is 4.41. The highest BCUT2D eigenvalue weighted by molar-refractivity contribution is 8.03. The number of rotatable bonds is 1. The molecule has 0 saturated carbocycles. The fourth-order valence-corrected chi connectivity index (χ4v) is 2.36. The maximum Gasteiger partial charge on any atom is 0.109 e. The van der Waals surface area contributed by atoms with Crippen molar-refractivity contribution in [2.24, 2.45) is 0 Å². The minimum atomic E-state index is 1.04. The number of hydrogen-bond acceptors (Lipinski definition) is 2. The summed E-state index contributed by atoms with van der Waals surface area (Å²) in [5.41, 5.74) is 5.81. The number of aromatic nitrogens is 1. The molecule has 0 unspecified atom stereocenters. The second kappa shape index (κ2) is 3.41. The van der Waals surface area contributed by atoms with Gasteiger partial charge in [-0.1, -0.05) is 18.7 Å². The first-order valence-corrected chi connectivity index (χ1v) is 5.22. The Hall–Kier alpha value is -0.980. The van der Waals surface area contributed by atoms with E-state index in [0.29, 0.717) is 0 Å². The first-order chi connectivity index (χ1) is 6.31. The largest absolute Gasteiger partial charge is 0.249 e. The molecule has 0 saturated heterocycles. The van der Waals surface area contributed by atoms with Crippen LogP contribution in [0.5, 0.6) is 0 Å². The Balaban J connectivity index is 2.57. The molecule has 0 aliphatic carbocycles. The smallest absolute Gasteiger partial charge is 0.109 e. The van der Waals surface area contributed by atoms with Crippen LogP contribution in [0.3, 0.4) is 0 Å². The van der Waals surface area contributed by atoms with E-state index in [4.69, 9.17) is 0 Å². The molecule has 2 rings (SSSR count). The van der Waals surface area contributed by atoms with Crippen LogP contribution in [-0.2, 0) is 0 Å². The molecule has 0 bridgehead atoms. The van der Waals surface area contributed by atoms with E-state index in [2.05, 4.69) is 30.6 Å². The predicted octanol–water partition coefficient (Wildman–Crippen LogP) is 3.48. The molecule has 1 aliphatic rings. The number of hydrogen-bond donors (Lipinski definition) is 0. The summed E-state index contributed by atoms with van der Waals surface area (Å²) in [5, 5.41) is 1.12. The summed E-state index contributed by atoms with van der Waals surface area (Å²) in [6.45, 7) is 4.24. The molecule has 0 fully saturated rings. The maximum atomic E-state index is 4.35. The average molecular weight is 189 g/mol.